The zero-order valence-electron chi connectivity index (χ0n) is 28.1. The number of likely N-dealkylation sites (N-methyl/N-ethyl adjacent to an activating group) is 2. The predicted octanol–water partition coefficient (Wildman–Crippen LogP) is 5.83. The van der Waals surface area contributed by atoms with Gasteiger partial charge >= 0.3 is 6.01 Å². The van der Waals surface area contributed by atoms with Crippen molar-refractivity contribution in [1.82, 2.24) is 24.8 Å². The number of benzene rings is 1. The molecule has 10 nitrogen and oxygen atoms in total. The van der Waals surface area contributed by atoms with Crippen molar-refractivity contribution in [1.29, 1.82) is 5.26 Å². The molecule has 4 aromatic rings. The van der Waals surface area contributed by atoms with E-state index in [1.54, 1.807) is 6.20 Å². The first-order chi connectivity index (χ1) is 22.9. The molecular weight excluding hydrogens is 635 g/mol. The van der Waals surface area contributed by atoms with E-state index in [4.69, 9.17) is 20.2 Å². The maximum absolute atomic E-state index is 16.8. The number of nitrogens with two attached hydrogens (primary N) is 1. The van der Waals surface area contributed by atoms with Crippen LogP contribution in [0.4, 0.5) is 19.6 Å². The molecule has 0 radical (unpaired) electrons. The fraction of sp³-hybridized carbons (Fsp3) is 0.543. The Bertz CT molecular complexity index is 1920. The minimum Gasteiger partial charge on any atom is -0.463 e. The lowest BCUT2D eigenvalue weighted by Gasteiger charge is -2.49. The van der Waals surface area contributed by atoms with Crippen molar-refractivity contribution in [2.45, 2.75) is 63.6 Å². The Kier molecular flexibility index (Phi) is 8.43. The van der Waals surface area contributed by atoms with Crippen molar-refractivity contribution in [3.8, 4) is 23.3 Å². The van der Waals surface area contributed by atoms with E-state index in [9.17, 15) is 9.65 Å². The minimum atomic E-state index is -0.695. The molecule has 48 heavy (non-hydrogen) atoms. The third kappa shape index (κ3) is 5.72. The number of nitriles is 1. The maximum atomic E-state index is 16.8. The number of anilines is 2. The van der Waals surface area contributed by atoms with Gasteiger partial charge in [-0.15, -0.1) is 11.3 Å². The van der Waals surface area contributed by atoms with Crippen molar-refractivity contribution in [3.63, 3.8) is 0 Å². The molecule has 0 spiro atoms. The van der Waals surface area contributed by atoms with Gasteiger partial charge in [-0.2, -0.15) is 15.2 Å². The third-order valence-corrected chi connectivity index (χ3v) is 11.7. The molecule has 0 amide bonds. The first-order valence-electron chi connectivity index (χ1n) is 16.6. The second-order valence-corrected chi connectivity index (χ2v) is 15.4. The van der Waals surface area contributed by atoms with E-state index in [2.05, 4.69) is 53.8 Å². The highest BCUT2D eigenvalue weighted by Crippen LogP contribution is 2.48. The number of thiophene rings is 1. The summed E-state index contributed by atoms with van der Waals surface area (Å²) < 4.78 is 44.0. The molecule has 3 aliphatic rings. The van der Waals surface area contributed by atoms with Crippen molar-refractivity contribution >= 4 is 43.1 Å². The molecule has 254 valence electrons. The van der Waals surface area contributed by atoms with Gasteiger partial charge in [-0.25, -0.2) is 8.78 Å². The summed E-state index contributed by atoms with van der Waals surface area (Å²) in [5.41, 5.74) is 6.42. The van der Waals surface area contributed by atoms with Gasteiger partial charge in [0.2, 0.25) is 0 Å². The number of hydrogen-bond donors (Lipinski definition) is 1. The van der Waals surface area contributed by atoms with Gasteiger partial charge in [0.05, 0.1) is 35.0 Å². The number of nitrogens with zero attached hydrogens (tertiary/aromatic N) is 7. The van der Waals surface area contributed by atoms with Crippen LogP contribution in [0.25, 0.3) is 32.2 Å². The molecule has 2 aliphatic carbocycles. The number of ether oxygens (including phenoxy) is 2. The summed E-state index contributed by atoms with van der Waals surface area (Å²) in [7, 11) is 6.14. The Hall–Kier alpha value is -3.70. The van der Waals surface area contributed by atoms with E-state index < -0.39 is 11.6 Å². The number of morpholine rings is 1. The summed E-state index contributed by atoms with van der Waals surface area (Å²) in [4.78, 5) is 20.8. The lowest BCUT2D eigenvalue weighted by molar-refractivity contribution is -0.0580. The zero-order chi connectivity index (χ0) is 34.0. The van der Waals surface area contributed by atoms with Crippen LogP contribution in [-0.2, 0) is 4.74 Å². The molecule has 3 aromatic heterocycles. The smallest absolute Gasteiger partial charge is 0.319 e. The summed E-state index contributed by atoms with van der Waals surface area (Å²) in [6, 6.07) is 5.17. The van der Waals surface area contributed by atoms with E-state index in [1.807, 2.05) is 11.9 Å². The first-order valence-corrected chi connectivity index (χ1v) is 17.4. The number of hydrogen-bond acceptors (Lipinski definition) is 11. The fourth-order valence-electron chi connectivity index (χ4n) is 7.28. The standard InChI is InChI=1S/C35H42F2N8O2S/c1-20-16-46-21(2)15-45(20)17-34(11-12-34)19-47-33-41-29-24(32(42-33)44(5)18-35(43(3)4)9-6-10-35)14-40-28(27(29)37)22-7-8-25(36)30-26(22)23(13-38)31(39)48-30/h7-8,14,20-21H,6,9-12,15-19,39H2,1-5H3/t20-,21+/m1/s1. The first kappa shape index (κ1) is 32.8. The van der Waals surface area contributed by atoms with Crippen molar-refractivity contribution in [2.75, 3.05) is 64.6 Å². The Morgan fingerprint density at radius 3 is 2.60 bits per heavy atom. The van der Waals surface area contributed by atoms with Crippen LogP contribution in [-0.4, -0.2) is 96.4 Å². The molecular formula is C35H42F2N8O2S. The van der Waals surface area contributed by atoms with Crippen LogP contribution in [0.3, 0.4) is 0 Å². The normalized spacial score (nSPS) is 21.7. The minimum absolute atomic E-state index is 0.0185. The molecule has 2 saturated carbocycles. The Morgan fingerprint density at radius 2 is 1.94 bits per heavy atom. The highest BCUT2D eigenvalue weighted by atomic mass is 32.1. The quantitative estimate of drug-likeness (QED) is 0.220. The average molecular weight is 677 g/mol. The van der Waals surface area contributed by atoms with Gasteiger partial charge in [0, 0.05) is 60.8 Å². The van der Waals surface area contributed by atoms with Crippen LogP contribution in [0.5, 0.6) is 6.01 Å². The molecule has 1 aromatic carbocycles. The third-order valence-electron chi connectivity index (χ3n) is 10.7. The Labute approximate surface area is 283 Å². The van der Waals surface area contributed by atoms with Crippen LogP contribution >= 0.6 is 11.3 Å². The summed E-state index contributed by atoms with van der Waals surface area (Å²) in [6.07, 6.45) is 7.07. The zero-order valence-corrected chi connectivity index (χ0v) is 29.0. The molecule has 1 saturated heterocycles. The number of pyridine rings is 1. The van der Waals surface area contributed by atoms with Crippen molar-refractivity contribution in [3.05, 3.63) is 35.5 Å². The Balaban J connectivity index is 1.29. The van der Waals surface area contributed by atoms with E-state index in [0.717, 1.165) is 56.5 Å². The topological polar surface area (TPSA) is 117 Å². The van der Waals surface area contributed by atoms with E-state index in [0.29, 0.717) is 37.0 Å². The fourth-order valence-corrected chi connectivity index (χ4v) is 8.23. The van der Waals surface area contributed by atoms with Gasteiger partial charge in [0.1, 0.15) is 33.9 Å². The summed E-state index contributed by atoms with van der Waals surface area (Å²) in [5, 5.41) is 10.7. The number of rotatable bonds is 10. The largest absolute Gasteiger partial charge is 0.463 e. The van der Waals surface area contributed by atoms with Gasteiger partial charge < -0.3 is 25.0 Å². The predicted molar refractivity (Wildman–Crippen MR) is 184 cm³/mol. The van der Waals surface area contributed by atoms with Gasteiger partial charge in [-0.05, 0) is 72.2 Å². The lowest BCUT2D eigenvalue weighted by atomic mass is 9.75. The number of nitrogen functional groups attached to an aromatic ring is 1. The van der Waals surface area contributed by atoms with Gasteiger partial charge in [0.15, 0.2) is 5.82 Å². The highest BCUT2D eigenvalue weighted by molar-refractivity contribution is 7.23. The SMILES string of the molecule is C[C@@H]1CO[C@@H](C)CN1CC1(COc2nc(N(C)CC3(N(C)C)CCC3)c3cnc(-c4ccc(F)c5sc(N)c(C#N)c45)c(F)c3n2)CC1. The molecule has 2 N–H and O–H groups in total. The van der Waals surface area contributed by atoms with Crippen LogP contribution in [0.1, 0.15) is 51.5 Å². The lowest BCUT2D eigenvalue weighted by Crippen LogP contribution is -2.56. The summed E-state index contributed by atoms with van der Waals surface area (Å²) in [6.45, 7) is 7.86. The van der Waals surface area contributed by atoms with Crippen LogP contribution in [0.15, 0.2) is 18.3 Å². The molecule has 13 heteroatoms. The molecule has 4 heterocycles. The van der Waals surface area contributed by atoms with Crippen molar-refractivity contribution in [2.24, 2.45) is 5.41 Å². The molecule has 1 aliphatic heterocycles. The van der Waals surface area contributed by atoms with E-state index >= 15 is 4.39 Å². The highest BCUT2D eigenvalue weighted by Gasteiger charge is 2.46. The van der Waals surface area contributed by atoms with Gasteiger partial charge in [0.25, 0.3) is 0 Å². The summed E-state index contributed by atoms with van der Waals surface area (Å²) >= 11 is 0.963. The second-order valence-electron chi connectivity index (χ2n) is 14.3. The van der Waals surface area contributed by atoms with Crippen LogP contribution in [0, 0.1) is 28.4 Å². The molecule has 0 bridgehead atoms. The summed E-state index contributed by atoms with van der Waals surface area (Å²) in [5.74, 6) is -0.696. The molecule has 0 unspecified atom stereocenters. The van der Waals surface area contributed by atoms with E-state index in [-0.39, 0.29) is 60.5 Å². The molecule has 2 atom stereocenters. The molecule has 3 fully saturated rings. The monoisotopic (exact) mass is 676 g/mol. The van der Waals surface area contributed by atoms with Crippen LogP contribution < -0.4 is 15.4 Å². The molecule has 7 rings (SSSR count). The van der Waals surface area contributed by atoms with Crippen LogP contribution in [0.2, 0.25) is 0 Å². The Morgan fingerprint density at radius 1 is 1.17 bits per heavy atom. The van der Waals surface area contributed by atoms with Gasteiger partial charge in [-0.3, -0.25) is 9.88 Å². The number of halogens is 2. The number of fused-ring (bicyclic) bond motifs is 2. The average Bonchev–Trinajstić information content (AvgIpc) is 3.72. The number of aromatic nitrogens is 3. The second kappa shape index (κ2) is 12.3. The van der Waals surface area contributed by atoms with E-state index in [1.165, 1.54) is 12.1 Å². The maximum Gasteiger partial charge on any atom is 0.319 e. The van der Waals surface area contributed by atoms with Gasteiger partial charge in [-0.1, -0.05) is 0 Å². The van der Waals surface area contributed by atoms with Crippen molar-refractivity contribution < 1.29 is 18.3 Å².